The molecule has 0 N–H and O–H groups in total. The van der Waals surface area contributed by atoms with Gasteiger partial charge in [-0.3, -0.25) is 4.90 Å². The van der Waals surface area contributed by atoms with Gasteiger partial charge in [-0.25, -0.2) is 4.79 Å². The van der Waals surface area contributed by atoms with E-state index in [9.17, 15) is 4.79 Å². The number of ether oxygens (including phenoxy) is 1. The van der Waals surface area contributed by atoms with Crippen LogP contribution >= 0.6 is 15.9 Å². The zero-order chi connectivity index (χ0) is 15.7. The van der Waals surface area contributed by atoms with Gasteiger partial charge < -0.3 is 4.74 Å². The summed E-state index contributed by atoms with van der Waals surface area (Å²) >= 11 is 3.48. The number of benzene rings is 2. The van der Waals surface area contributed by atoms with E-state index in [1.807, 2.05) is 68.4 Å². The lowest BCUT2D eigenvalue weighted by Crippen LogP contribution is -2.31. The fraction of sp³-hybridized carbons (Fsp3) is 0.278. The molecule has 1 heterocycles. The molecule has 2 aromatic carbocycles. The Morgan fingerprint density at radius 2 is 1.91 bits per heavy atom. The first kappa shape index (κ1) is 15.1. The maximum Gasteiger partial charge on any atom is 0.411 e. The zero-order valence-electron chi connectivity index (χ0n) is 12.6. The van der Waals surface area contributed by atoms with E-state index in [1.165, 1.54) is 0 Å². The summed E-state index contributed by atoms with van der Waals surface area (Å²) in [5.74, 6) is 0. The number of carbonyl (C=O) groups excluding carboxylic acids is 1. The topological polar surface area (TPSA) is 29.5 Å². The van der Waals surface area contributed by atoms with Gasteiger partial charge in [0.25, 0.3) is 0 Å². The molecule has 0 aromatic heterocycles. The van der Waals surface area contributed by atoms with E-state index in [0.29, 0.717) is 6.54 Å². The minimum Gasteiger partial charge on any atom is -0.436 e. The van der Waals surface area contributed by atoms with Gasteiger partial charge >= 0.3 is 6.09 Å². The van der Waals surface area contributed by atoms with Crippen LogP contribution in [-0.4, -0.2) is 17.5 Å². The van der Waals surface area contributed by atoms with Crippen molar-refractivity contribution in [2.24, 2.45) is 0 Å². The van der Waals surface area contributed by atoms with E-state index in [2.05, 4.69) is 15.9 Å². The van der Waals surface area contributed by atoms with E-state index in [4.69, 9.17) is 4.74 Å². The zero-order valence-corrected chi connectivity index (χ0v) is 14.2. The van der Waals surface area contributed by atoms with Gasteiger partial charge in [-0.2, -0.15) is 0 Å². The van der Waals surface area contributed by atoms with Crippen LogP contribution in [0.15, 0.2) is 59.1 Å². The summed E-state index contributed by atoms with van der Waals surface area (Å²) in [5, 5.41) is 0. The van der Waals surface area contributed by atoms with Crippen molar-refractivity contribution < 1.29 is 9.53 Å². The molecule has 1 amide bonds. The second-order valence-electron chi connectivity index (χ2n) is 5.82. The van der Waals surface area contributed by atoms with Gasteiger partial charge in [0, 0.05) is 4.47 Å². The van der Waals surface area contributed by atoms with Crippen LogP contribution < -0.4 is 0 Å². The van der Waals surface area contributed by atoms with Crippen molar-refractivity contribution in [2.75, 3.05) is 6.54 Å². The molecule has 1 saturated heterocycles. The summed E-state index contributed by atoms with van der Waals surface area (Å²) in [6.07, 6.45) is -0.265. The van der Waals surface area contributed by atoms with Crippen molar-refractivity contribution in [1.29, 1.82) is 0 Å². The minimum absolute atomic E-state index is 0.0319. The first-order valence-electron chi connectivity index (χ1n) is 7.30. The van der Waals surface area contributed by atoms with Crippen LogP contribution in [-0.2, 0) is 10.3 Å². The number of amides is 1. The number of hydrogen-bond acceptors (Lipinski definition) is 2. The maximum atomic E-state index is 12.4. The van der Waals surface area contributed by atoms with Crippen LogP contribution in [0.5, 0.6) is 0 Å². The lowest BCUT2D eigenvalue weighted by Gasteiger charge is -2.25. The number of cyclic esters (lactones) is 1. The highest BCUT2D eigenvalue weighted by atomic mass is 79.9. The van der Waals surface area contributed by atoms with Crippen molar-refractivity contribution in [3.63, 3.8) is 0 Å². The van der Waals surface area contributed by atoms with Crippen molar-refractivity contribution in [2.45, 2.75) is 25.5 Å². The van der Waals surface area contributed by atoms with E-state index in [-0.39, 0.29) is 12.1 Å². The van der Waals surface area contributed by atoms with Gasteiger partial charge in [0.05, 0.1) is 12.6 Å². The standard InChI is InChI=1S/C18H18BrNO2/c1-13(14-7-6-10-16(19)11-14)20-12-18(2,22-17(20)21)15-8-4-3-5-9-15/h3-11,13H,12H2,1-2H3. The Bertz CT molecular complexity index is 688. The Kier molecular flexibility index (Phi) is 3.96. The third-order valence-corrected chi connectivity index (χ3v) is 4.70. The van der Waals surface area contributed by atoms with E-state index in [1.54, 1.807) is 4.90 Å². The van der Waals surface area contributed by atoms with Crippen molar-refractivity contribution >= 4 is 22.0 Å². The highest BCUT2D eigenvalue weighted by Crippen LogP contribution is 2.37. The monoisotopic (exact) mass is 359 g/mol. The van der Waals surface area contributed by atoms with Crippen LogP contribution in [0.1, 0.15) is 31.0 Å². The third-order valence-electron chi connectivity index (χ3n) is 4.20. The van der Waals surface area contributed by atoms with E-state index in [0.717, 1.165) is 15.6 Å². The lowest BCUT2D eigenvalue weighted by molar-refractivity contribution is 0.0699. The van der Waals surface area contributed by atoms with Crippen LogP contribution in [0.25, 0.3) is 0 Å². The SMILES string of the molecule is CC(c1cccc(Br)c1)N1CC(C)(c2ccccc2)OC1=O. The number of nitrogens with zero attached hydrogens (tertiary/aromatic N) is 1. The van der Waals surface area contributed by atoms with Gasteiger partial charge in [0.2, 0.25) is 0 Å². The Hall–Kier alpha value is -1.81. The smallest absolute Gasteiger partial charge is 0.411 e. The van der Waals surface area contributed by atoms with Gasteiger partial charge in [-0.1, -0.05) is 58.4 Å². The van der Waals surface area contributed by atoms with Gasteiger partial charge in [-0.05, 0) is 37.1 Å². The molecular weight excluding hydrogens is 342 g/mol. The number of carbonyl (C=O) groups is 1. The predicted octanol–water partition coefficient (Wildman–Crippen LogP) is 4.88. The summed E-state index contributed by atoms with van der Waals surface area (Å²) in [5.41, 5.74) is 1.51. The summed E-state index contributed by atoms with van der Waals surface area (Å²) in [6.45, 7) is 4.54. The average molecular weight is 360 g/mol. The predicted molar refractivity (Wildman–Crippen MR) is 89.5 cm³/mol. The van der Waals surface area contributed by atoms with Crippen LogP contribution in [0.3, 0.4) is 0 Å². The molecule has 0 spiro atoms. The fourth-order valence-corrected chi connectivity index (χ4v) is 3.27. The lowest BCUT2D eigenvalue weighted by atomic mass is 9.95. The Morgan fingerprint density at radius 1 is 1.18 bits per heavy atom. The largest absolute Gasteiger partial charge is 0.436 e. The summed E-state index contributed by atoms with van der Waals surface area (Å²) in [7, 11) is 0. The molecule has 1 aliphatic heterocycles. The average Bonchev–Trinajstić information content (AvgIpc) is 2.84. The molecular formula is C18H18BrNO2. The van der Waals surface area contributed by atoms with Crippen LogP contribution in [0.2, 0.25) is 0 Å². The second kappa shape index (κ2) is 5.76. The summed E-state index contributed by atoms with van der Waals surface area (Å²) in [6, 6.07) is 17.9. The molecule has 22 heavy (non-hydrogen) atoms. The minimum atomic E-state index is -0.599. The summed E-state index contributed by atoms with van der Waals surface area (Å²) in [4.78, 5) is 14.1. The molecule has 2 atom stereocenters. The molecule has 3 rings (SSSR count). The molecule has 1 aliphatic rings. The van der Waals surface area contributed by atoms with Gasteiger partial charge in [0.15, 0.2) is 5.60 Å². The molecule has 2 unspecified atom stereocenters. The molecule has 114 valence electrons. The van der Waals surface area contributed by atoms with Gasteiger partial charge in [0.1, 0.15) is 0 Å². The molecule has 0 bridgehead atoms. The van der Waals surface area contributed by atoms with Crippen molar-refractivity contribution in [3.8, 4) is 0 Å². The molecule has 0 radical (unpaired) electrons. The Balaban J connectivity index is 1.86. The highest BCUT2D eigenvalue weighted by molar-refractivity contribution is 9.10. The highest BCUT2D eigenvalue weighted by Gasteiger charge is 2.44. The number of hydrogen-bond donors (Lipinski definition) is 0. The molecule has 2 aromatic rings. The first-order chi connectivity index (χ1) is 10.5. The maximum absolute atomic E-state index is 12.4. The fourth-order valence-electron chi connectivity index (χ4n) is 2.86. The van der Waals surface area contributed by atoms with Crippen molar-refractivity contribution in [1.82, 2.24) is 4.90 Å². The molecule has 1 fully saturated rings. The quantitative estimate of drug-likeness (QED) is 0.781. The van der Waals surface area contributed by atoms with Crippen LogP contribution in [0.4, 0.5) is 4.79 Å². The Labute approximate surface area is 139 Å². The number of rotatable bonds is 3. The summed E-state index contributed by atoms with van der Waals surface area (Å²) < 4.78 is 6.71. The van der Waals surface area contributed by atoms with Gasteiger partial charge in [-0.15, -0.1) is 0 Å². The van der Waals surface area contributed by atoms with Crippen molar-refractivity contribution in [3.05, 3.63) is 70.2 Å². The normalized spacial score (nSPS) is 22.5. The molecule has 0 saturated carbocycles. The van der Waals surface area contributed by atoms with E-state index >= 15 is 0 Å². The first-order valence-corrected chi connectivity index (χ1v) is 8.09. The molecule has 4 heteroatoms. The molecule has 3 nitrogen and oxygen atoms in total. The van der Waals surface area contributed by atoms with Crippen LogP contribution in [0, 0.1) is 0 Å². The molecule has 0 aliphatic carbocycles. The van der Waals surface area contributed by atoms with E-state index < -0.39 is 5.60 Å². The second-order valence-corrected chi connectivity index (χ2v) is 6.74. The third kappa shape index (κ3) is 2.75. The number of halogens is 1. The Morgan fingerprint density at radius 3 is 2.59 bits per heavy atom.